The summed E-state index contributed by atoms with van der Waals surface area (Å²) in [5.74, 6) is 0. The number of nitrogens with one attached hydrogen (secondary N) is 1. The Morgan fingerprint density at radius 2 is 1.66 bits per heavy atom. The molecule has 4 aromatic rings. The molecule has 29 heavy (non-hydrogen) atoms. The number of benzene rings is 3. The quantitative estimate of drug-likeness (QED) is 0.251. The van der Waals surface area contributed by atoms with E-state index in [0.717, 1.165) is 27.9 Å². The molecule has 0 unspecified atom stereocenters. The molecule has 7 heteroatoms. The first-order valence-corrected chi connectivity index (χ1v) is 9.72. The zero-order chi connectivity index (χ0) is 20.1. The maximum atomic E-state index is 10.9. The Morgan fingerprint density at radius 3 is 2.41 bits per heavy atom. The molecule has 0 radical (unpaired) electrons. The first-order valence-electron chi connectivity index (χ1n) is 8.84. The summed E-state index contributed by atoms with van der Waals surface area (Å²) in [6.07, 6.45) is 1.72. The molecule has 0 aliphatic rings. The maximum absolute atomic E-state index is 10.9. The number of aromatic nitrogens is 1. The predicted octanol–water partition coefficient (Wildman–Crippen LogP) is 5.83. The van der Waals surface area contributed by atoms with Crippen molar-refractivity contribution in [1.82, 2.24) is 4.98 Å². The second-order valence-electron chi connectivity index (χ2n) is 6.17. The van der Waals surface area contributed by atoms with Crippen LogP contribution in [0.5, 0.6) is 0 Å². The molecule has 1 N–H and O–H groups in total. The number of hydrogen-bond donors (Lipinski definition) is 1. The van der Waals surface area contributed by atoms with Gasteiger partial charge in [0.1, 0.15) is 0 Å². The van der Waals surface area contributed by atoms with Crippen molar-refractivity contribution in [2.75, 3.05) is 5.43 Å². The monoisotopic (exact) mass is 400 g/mol. The molecule has 1 heterocycles. The number of non-ortho nitro benzene ring substituents is 1. The normalized spacial score (nSPS) is 10.9. The van der Waals surface area contributed by atoms with E-state index >= 15 is 0 Å². The van der Waals surface area contributed by atoms with Gasteiger partial charge in [-0.2, -0.15) is 5.10 Å². The van der Waals surface area contributed by atoms with Gasteiger partial charge in [-0.05, 0) is 23.3 Å². The van der Waals surface area contributed by atoms with Crippen molar-refractivity contribution in [3.8, 4) is 22.4 Å². The topological polar surface area (TPSA) is 80.4 Å². The molecule has 4 rings (SSSR count). The lowest BCUT2D eigenvalue weighted by Gasteiger charge is -2.05. The van der Waals surface area contributed by atoms with E-state index in [1.165, 1.54) is 23.5 Å². The Kier molecular flexibility index (Phi) is 5.40. The summed E-state index contributed by atoms with van der Waals surface area (Å²) in [5.41, 5.74) is 7.73. The van der Waals surface area contributed by atoms with Gasteiger partial charge in [0.2, 0.25) is 5.13 Å². The summed E-state index contributed by atoms with van der Waals surface area (Å²) < 4.78 is 0. The van der Waals surface area contributed by atoms with E-state index < -0.39 is 4.92 Å². The van der Waals surface area contributed by atoms with Crippen LogP contribution in [0, 0.1) is 10.1 Å². The lowest BCUT2D eigenvalue weighted by molar-refractivity contribution is -0.384. The number of rotatable bonds is 6. The average Bonchev–Trinajstić information content (AvgIpc) is 3.24. The Balaban J connectivity index is 1.51. The Hall–Kier alpha value is -3.84. The van der Waals surface area contributed by atoms with E-state index in [1.807, 2.05) is 60.0 Å². The van der Waals surface area contributed by atoms with Crippen LogP contribution in [-0.2, 0) is 0 Å². The highest BCUT2D eigenvalue weighted by Crippen LogP contribution is 2.26. The van der Waals surface area contributed by atoms with Crippen LogP contribution in [0.15, 0.2) is 89.3 Å². The molecule has 0 saturated carbocycles. The summed E-state index contributed by atoms with van der Waals surface area (Å²) in [6.45, 7) is 0. The van der Waals surface area contributed by atoms with Gasteiger partial charge in [-0.1, -0.05) is 54.6 Å². The highest BCUT2D eigenvalue weighted by Gasteiger charge is 2.08. The number of anilines is 1. The second kappa shape index (κ2) is 8.45. The van der Waals surface area contributed by atoms with Crippen LogP contribution in [0.4, 0.5) is 10.8 Å². The molecule has 0 spiro atoms. The SMILES string of the molecule is O=[N+]([O-])c1ccc(-c2ccccc2C=NNc2nc(-c3ccccc3)cs2)cc1. The number of nitro groups is 1. The fraction of sp³-hybridized carbons (Fsp3) is 0. The molecular formula is C22H16N4O2S. The van der Waals surface area contributed by atoms with Gasteiger partial charge >= 0.3 is 0 Å². The van der Waals surface area contributed by atoms with E-state index in [0.29, 0.717) is 5.13 Å². The van der Waals surface area contributed by atoms with Gasteiger partial charge in [0, 0.05) is 28.6 Å². The number of nitro benzene ring substituents is 1. The van der Waals surface area contributed by atoms with Gasteiger partial charge in [-0.3, -0.25) is 15.5 Å². The Labute approximate surface area is 171 Å². The number of hydrazone groups is 1. The highest BCUT2D eigenvalue weighted by molar-refractivity contribution is 7.14. The standard InChI is InChI=1S/C22H16N4O2S/c27-26(28)19-12-10-16(11-13-19)20-9-5-4-8-18(20)14-23-25-22-24-21(15-29-22)17-6-2-1-3-7-17/h1-15H,(H,24,25). The summed E-state index contributed by atoms with van der Waals surface area (Å²) in [5, 5.41) is 17.9. The van der Waals surface area contributed by atoms with Crippen LogP contribution in [0.25, 0.3) is 22.4 Å². The van der Waals surface area contributed by atoms with Crippen LogP contribution >= 0.6 is 11.3 Å². The van der Waals surface area contributed by atoms with Crippen LogP contribution < -0.4 is 5.43 Å². The fourth-order valence-electron chi connectivity index (χ4n) is 2.86. The van der Waals surface area contributed by atoms with Gasteiger partial charge < -0.3 is 0 Å². The largest absolute Gasteiger partial charge is 0.269 e. The smallest absolute Gasteiger partial charge is 0.258 e. The van der Waals surface area contributed by atoms with E-state index in [9.17, 15) is 10.1 Å². The summed E-state index contributed by atoms with van der Waals surface area (Å²) in [6, 6.07) is 24.2. The van der Waals surface area contributed by atoms with Gasteiger partial charge in [0.15, 0.2) is 0 Å². The van der Waals surface area contributed by atoms with Gasteiger partial charge in [-0.25, -0.2) is 4.98 Å². The lowest BCUT2D eigenvalue weighted by Crippen LogP contribution is -1.93. The minimum absolute atomic E-state index is 0.0690. The zero-order valence-electron chi connectivity index (χ0n) is 15.2. The predicted molar refractivity (Wildman–Crippen MR) is 117 cm³/mol. The van der Waals surface area contributed by atoms with Gasteiger partial charge in [0.05, 0.1) is 16.8 Å². The van der Waals surface area contributed by atoms with Crippen molar-refractivity contribution < 1.29 is 4.92 Å². The molecule has 0 bridgehead atoms. The lowest BCUT2D eigenvalue weighted by atomic mass is 10.0. The third-order valence-corrected chi connectivity index (χ3v) is 5.03. The van der Waals surface area contributed by atoms with Crippen LogP contribution in [0.2, 0.25) is 0 Å². The molecule has 0 aliphatic carbocycles. The molecule has 142 valence electrons. The van der Waals surface area contributed by atoms with E-state index in [2.05, 4.69) is 15.5 Å². The molecule has 3 aromatic carbocycles. The van der Waals surface area contributed by atoms with Crippen molar-refractivity contribution in [3.05, 3.63) is 99.9 Å². The maximum Gasteiger partial charge on any atom is 0.269 e. The minimum atomic E-state index is -0.404. The van der Waals surface area contributed by atoms with Crippen LogP contribution in [-0.4, -0.2) is 16.1 Å². The third kappa shape index (κ3) is 4.36. The molecule has 0 amide bonds. The molecule has 0 saturated heterocycles. The van der Waals surface area contributed by atoms with E-state index in [4.69, 9.17) is 0 Å². The van der Waals surface area contributed by atoms with Crippen LogP contribution in [0.3, 0.4) is 0 Å². The van der Waals surface area contributed by atoms with E-state index in [1.54, 1.807) is 18.3 Å². The summed E-state index contributed by atoms with van der Waals surface area (Å²) in [4.78, 5) is 15.0. The third-order valence-electron chi connectivity index (χ3n) is 4.29. The van der Waals surface area contributed by atoms with Gasteiger partial charge in [-0.15, -0.1) is 11.3 Å². The second-order valence-corrected chi connectivity index (χ2v) is 7.02. The van der Waals surface area contributed by atoms with Crippen LogP contribution in [0.1, 0.15) is 5.56 Å². The summed E-state index contributed by atoms with van der Waals surface area (Å²) in [7, 11) is 0. The highest BCUT2D eigenvalue weighted by atomic mass is 32.1. The molecule has 1 aromatic heterocycles. The zero-order valence-corrected chi connectivity index (χ0v) is 16.0. The van der Waals surface area contributed by atoms with E-state index in [-0.39, 0.29) is 5.69 Å². The number of nitrogens with zero attached hydrogens (tertiary/aromatic N) is 3. The fourth-order valence-corrected chi connectivity index (χ4v) is 3.53. The first kappa shape index (κ1) is 18.5. The van der Waals surface area contributed by atoms with Crippen molar-refractivity contribution in [2.24, 2.45) is 5.10 Å². The molecule has 0 atom stereocenters. The van der Waals surface area contributed by atoms with Gasteiger partial charge in [0.25, 0.3) is 5.69 Å². The molecule has 0 fully saturated rings. The molecule has 6 nitrogen and oxygen atoms in total. The average molecular weight is 400 g/mol. The molecular weight excluding hydrogens is 384 g/mol. The first-order chi connectivity index (χ1) is 14.2. The van der Waals surface area contributed by atoms with Crippen molar-refractivity contribution in [1.29, 1.82) is 0 Å². The Bertz CT molecular complexity index is 1150. The van der Waals surface area contributed by atoms with Crippen molar-refractivity contribution in [2.45, 2.75) is 0 Å². The molecule has 0 aliphatic heterocycles. The van der Waals surface area contributed by atoms with Crippen molar-refractivity contribution >= 4 is 28.4 Å². The number of hydrogen-bond acceptors (Lipinski definition) is 6. The summed E-state index contributed by atoms with van der Waals surface area (Å²) >= 11 is 1.48. The Morgan fingerprint density at radius 1 is 0.931 bits per heavy atom. The number of thiazole rings is 1. The van der Waals surface area contributed by atoms with Crippen molar-refractivity contribution in [3.63, 3.8) is 0 Å². The minimum Gasteiger partial charge on any atom is -0.258 e.